The lowest BCUT2D eigenvalue weighted by atomic mass is 9.95. The van der Waals surface area contributed by atoms with E-state index in [0.717, 1.165) is 39.4 Å². The van der Waals surface area contributed by atoms with Crippen molar-refractivity contribution < 1.29 is 4.74 Å². The minimum absolute atomic E-state index is 0.536. The van der Waals surface area contributed by atoms with Crippen molar-refractivity contribution in [1.29, 1.82) is 0 Å². The standard InChI is InChI=1S/C13H18N2O/c1-2-4-12-11(3-1)9-14-10-13(12)15-5-7-16-8-6-15/h1-4,13-14H,5-10H2. The third kappa shape index (κ3) is 1.86. The van der Waals surface area contributed by atoms with Crippen LogP contribution < -0.4 is 5.32 Å². The number of benzene rings is 1. The van der Waals surface area contributed by atoms with E-state index in [1.165, 1.54) is 11.1 Å². The maximum atomic E-state index is 5.42. The number of ether oxygens (including phenoxy) is 1. The third-order valence-electron chi connectivity index (χ3n) is 3.55. The van der Waals surface area contributed by atoms with Gasteiger partial charge >= 0.3 is 0 Å². The van der Waals surface area contributed by atoms with E-state index in [4.69, 9.17) is 4.74 Å². The van der Waals surface area contributed by atoms with E-state index >= 15 is 0 Å². The number of morpholine rings is 1. The summed E-state index contributed by atoms with van der Waals surface area (Å²) < 4.78 is 5.42. The summed E-state index contributed by atoms with van der Waals surface area (Å²) in [6.45, 7) is 5.94. The Hall–Kier alpha value is -0.900. The van der Waals surface area contributed by atoms with Crippen molar-refractivity contribution in [3.63, 3.8) is 0 Å². The smallest absolute Gasteiger partial charge is 0.0594 e. The Balaban J connectivity index is 1.86. The largest absolute Gasteiger partial charge is 0.379 e. The average molecular weight is 218 g/mol. The van der Waals surface area contributed by atoms with Gasteiger partial charge in [-0.2, -0.15) is 0 Å². The Labute approximate surface area is 96.4 Å². The quantitative estimate of drug-likeness (QED) is 0.765. The van der Waals surface area contributed by atoms with Gasteiger partial charge in [-0.1, -0.05) is 24.3 Å². The summed E-state index contributed by atoms with van der Waals surface area (Å²) in [5.74, 6) is 0. The number of hydrogen-bond donors (Lipinski definition) is 1. The van der Waals surface area contributed by atoms with Gasteiger partial charge in [-0.3, -0.25) is 4.90 Å². The predicted octanol–water partition coefficient (Wildman–Crippen LogP) is 1.16. The van der Waals surface area contributed by atoms with Gasteiger partial charge in [-0.25, -0.2) is 0 Å². The van der Waals surface area contributed by atoms with Crippen molar-refractivity contribution >= 4 is 0 Å². The van der Waals surface area contributed by atoms with Crippen LogP contribution in [0.1, 0.15) is 17.2 Å². The van der Waals surface area contributed by atoms with Gasteiger partial charge in [0.25, 0.3) is 0 Å². The highest BCUT2D eigenvalue weighted by atomic mass is 16.5. The normalized spacial score (nSPS) is 26.4. The molecule has 1 fully saturated rings. The third-order valence-corrected chi connectivity index (χ3v) is 3.55. The van der Waals surface area contributed by atoms with Crippen molar-refractivity contribution in [3.8, 4) is 0 Å². The van der Waals surface area contributed by atoms with Crippen LogP contribution in [0.3, 0.4) is 0 Å². The molecule has 0 amide bonds. The van der Waals surface area contributed by atoms with Crippen molar-refractivity contribution in [2.24, 2.45) is 0 Å². The number of nitrogens with zero attached hydrogens (tertiary/aromatic N) is 1. The second-order valence-electron chi connectivity index (χ2n) is 4.49. The molecule has 0 saturated carbocycles. The molecule has 2 heterocycles. The lowest BCUT2D eigenvalue weighted by Crippen LogP contribution is -2.45. The molecule has 3 rings (SSSR count). The monoisotopic (exact) mass is 218 g/mol. The van der Waals surface area contributed by atoms with Crippen LogP contribution in [0.15, 0.2) is 24.3 Å². The van der Waals surface area contributed by atoms with E-state index in [2.05, 4.69) is 34.5 Å². The Morgan fingerprint density at radius 1 is 1.19 bits per heavy atom. The van der Waals surface area contributed by atoms with Crippen molar-refractivity contribution in [2.45, 2.75) is 12.6 Å². The molecule has 2 aliphatic heterocycles. The van der Waals surface area contributed by atoms with Gasteiger partial charge < -0.3 is 10.1 Å². The first-order chi connectivity index (χ1) is 7.95. The maximum Gasteiger partial charge on any atom is 0.0594 e. The van der Waals surface area contributed by atoms with Crippen LogP contribution in [-0.4, -0.2) is 37.7 Å². The maximum absolute atomic E-state index is 5.42. The molecule has 3 nitrogen and oxygen atoms in total. The molecule has 0 radical (unpaired) electrons. The van der Waals surface area contributed by atoms with E-state index in [1.807, 2.05) is 0 Å². The molecule has 16 heavy (non-hydrogen) atoms. The molecule has 0 aromatic heterocycles. The molecule has 3 heteroatoms. The predicted molar refractivity (Wildman–Crippen MR) is 63.3 cm³/mol. The highest BCUT2D eigenvalue weighted by Gasteiger charge is 2.26. The van der Waals surface area contributed by atoms with E-state index in [9.17, 15) is 0 Å². The zero-order chi connectivity index (χ0) is 10.8. The number of rotatable bonds is 1. The van der Waals surface area contributed by atoms with Crippen LogP contribution >= 0.6 is 0 Å². The molecule has 1 aromatic rings. The minimum atomic E-state index is 0.536. The fourth-order valence-corrected chi connectivity index (χ4v) is 2.69. The fraction of sp³-hybridized carbons (Fsp3) is 0.538. The van der Waals surface area contributed by atoms with Gasteiger partial charge in [0, 0.05) is 32.2 Å². The average Bonchev–Trinajstić information content (AvgIpc) is 2.39. The van der Waals surface area contributed by atoms with Crippen LogP contribution in [-0.2, 0) is 11.3 Å². The molecule has 0 aliphatic carbocycles. The highest BCUT2D eigenvalue weighted by molar-refractivity contribution is 5.32. The Morgan fingerprint density at radius 2 is 2.00 bits per heavy atom. The molecular formula is C13H18N2O. The highest BCUT2D eigenvalue weighted by Crippen LogP contribution is 2.27. The topological polar surface area (TPSA) is 24.5 Å². The molecule has 1 N–H and O–H groups in total. The van der Waals surface area contributed by atoms with Crippen LogP contribution in [0, 0.1) is 0 Å². The van der Waals surface area contributed by atoms with E-state index in [0.29, 0.717) is 6.04 Å². The summed E-state index contributed by atoms with van der Waals surface area (Å²) in [6, 6.07) is 9.32. The summed E-state index contributed by atoms with van der Waals surface area (Å²) in [6.07, 6.45) is 0. The van der Waals surface area contributed by atoms with E-state index in [-0.39, 0.29) is 0 Å². The molecule has 1 saturated heterocycles. The van der Waals surface area contributed by atoms with Gasteiger partial charge in [-0.05, 0) is 11.1 Å². The van der Waals surface area contributed by atoms with Crippen LogP contribution in [0.25, 0.3) is 0 Å². The van der Waals surface area contributed by atoms with Gasteiger partial charge in [0.15, 0.2) is 0 Å². The fourth-order valence-electron chi connectivity index (χ4n) is 2.69. The first kappa shape index (κ1) is 10.3. The summed E-state index contributed by atoms with van der Waals surface area (Å²) >= 11 is 0. The number of hydrogen-bond acceptors (Lipinski definition) is 3. The second-order valence-corrected chi connectivity index (χ2v) is 4.49. The molecule has 2 aliphatic rings. The van der Waals surface area contributed by atoms with Gasteiger partial charge in [0.2, 0.25) is 0 Å². The van der Waals surface area contributed by atoms with E-state index < -0.39 is 0 Å². The summed E-state index contributed by atoms with van der Waals surface area (Å²) in [5.41, 5.74) is 2.95. The summed E-state index contributed by atoms with van der Waals surface area (Å²) in [4.78, 5) is 2.54. The lowest BCUT2D eigenvalue weighted by Gasteiger charge is -2.38. The van der Waals surface area contributed by atoms with Gasteiger partial charge in [-0.15, -0.1) is 0 Å². The zero-order valence-electron chi connectivity index (χ0n) is 9.48. The SMILES string of the molecule is c1ccc2c(c1)CNCC2N1CCOCC1. The van der Waals surface area contributed by atoms with Crippen molar-refractivity contribution in [2.75, 3.05) is 32.8 Å². The Morgan fingerprint density at radius 3 is 2.88 bits per heavy atom. The second kappa shape index (κ2) is 4.53. The molecule has 1 atom stereocenters. The first-order valence-corrected chi connectivity index (χ1v) is 6.05. The molecular weight excluding hydrogens is 200 g/mol. The summed E-state index contributed by atoms with van der Waals surface area (Å²) in [7, 11) is 0. The molecule has 0 bridgehead atoms. The lowest BCUT2D eigenvalue weighted by molar-refractivity contribution is 0.0146. The number of nitrogens with one attached hydrogen (secondary N) is 1. The van der Waals surface area contributed by atoms with Crippen LogP contribution in [0.4, 0.5) is 0 Å². The summed E-state index contributed by atoms with van der Waals surface area (Å²) in [5, 5.41) is 3.51. The van der Waals surface area contributed by atoms with Gasteiger partial charge in [0.1, 0.15) is 0 Å². The minimum Gasteiger partial charge on any atom is -0.379 e. The first-order valence-electron chi connectivity index (χ1n) is 6.05. The van der Waals surface area contributed by atoms with Crippen LogP contribution in [0.5, 0.6) is 0 Å². The molecule has 1 unspecified atom stereocenters. The van der Waals surface area contributed by atoms with Crippen molar-refractivity contribution in [3.05, 3.63) is 35.4 Å². The molecule has 0 spiro atoms. The Kier molecular flexibility index (Phi) is 2.91. The van der Waals surface area contributed by atoms with Gasteiger partial charge in [0.05, 0.1) is 13.2 Å². The number of fused-ring (bicyclic) bond motifs is 1. The van der Waals surface area contributed by atoms with E-state index in [1.54, 1.807) is 0 Å². The molecule has 86 valence electrons. The molecule has 1 aromatic carbocycles. The Bertz CT molecular complexity index is 361. The van der Waals surface area contributed by atoms with Crippen molar-refractivity contribution in [1.82, 2.24) is 10.2 Å². The zero-order valence-corrected chi connectivity index (χ0v) is 9.48. The van der Waals surface area contributed by atoms with Crippen LogP contribution in [0.2, 0.25) is 0 Å².